The van der Waals surface area contributed by atoms with Crippen molar-refractivity contribution < 1.29 is 14.3 Å². The third-order valence-electron chi connectivity index (χ3n) is 4.10. The van der Waals surface area contributed by atoms with Crippen LogP contribution in [-0.2, 0) is 9.53 Å². The second-order valence-electron chi connectivity index (χ2n) is 5.82. The van der Waals surface area contributed by atoms with Crippen LogP contribution in [0.25, 0.3) is 0 Å². The molecule has 27 heavy (non-hydrogen) atoms. The van der Waals surface area contributed by atoms with E-state index in [0.29, 0.717) is 10.0 Å². The SMILES string of the molecule is O=C(OCC(=O)N1c2ccccc2Sc2ccccc21)c1ccccc1Br. The molecule has 0 unspecified atom stereocenters. The summed E-state index contributed by atoms with van der Waals surface area (Å²) in [4.78, 5) is 28.9. The molecule has 1 aliphatic rings. The zero-order chi connectivity index (χ0) is 18.8. The number of hydrogen-bond acceptors (Lipinski definition) is 4. The maximum atomic E-state index is 13.0. The number of para-hydroxylation sites is 2. The summed E-state index contributed by atoms with van der Waals surface area (Å²) in [7, 11) is 0. The number of rotatable bonds is 3. The Labute approximate surface area is 169 Å². The predicted molar refractivity (Wildman–Crippen MR) is 109 cm³/mol. The van der Waals surface area contributed by atoms with Gasteiger partial charge in [0.2, 0.25) is 0 Å². The molecular weight excluding hydrogens is 426 g/mol. The standard InChI is InChI=1S/C21H14BrNO3S/c22-15-8-2-1-7-14(15)21(25)26-13-20(24)23-16-9-3-5-11-18(16)27-19-12-6-4-10-17(19)23/h1-12H,13H2. The van der Waals surface area contributed by atoms with Crippen LogP contribution in [0.15, 0.2) is 87.1 Å². The molecule has 1 aliphatic heterocycles. The summed E-state index contributed by atoms with van der Waals surface area (Å²) in [6.07, 6.45) is 0. The first-order valence-electron chi connectivity index (χ1n) is 8.25. The monoisotopic (exact) mass is 439 g/mol. The predicted octanol–water partition coefficient (Wildman–Crippen LogP) is 5.44. The average molecular weight is 440 g/mol. The van der Waals surface area contributed by atoms with E-state index in [1.165, 1.54) is 0 Å². The Hall–Kier alpha value is -2.57. The molecule has 0 atom stereocenters. The van der Waals surface area contributed by atoms with Gasteiger partial charge in [0.05, 0.1) is 16.9 Å². The minimum absolute atomic E-state index is 0.296. The van der Waals surface area contributed by atoms with Gasteiger partial charge in [-0.25, -0.2) is 4.79 Å². The molecule has 0 saturated carbocycles. The topological polar surface area (TPSA) is 46.6 Å². The number of carbonyl (C=O) groups excluding carboxylic acids is 2. The molecule has 0 saturated heterocycles. The minimum atomic E-state index is -0.538. The van der Waals surface area contributed by atoms with E-state index in [1.54, 1.807) is 34.9 Å². The van der Waals surface area contributed by atoms with E-state index in [4.69, 9.17) is 4.74 Å². The van der Waals surface area contributed by atoms with Crippen LogP contribution in [0.3, 0.4) is 0 Å². The molecule has 4 rings (SSSR count). The average Bonchev–Trinajstić information content (AvgIpc) is 2.70. The van der Waals surface area contributed by atoms with Crippen LogP contribution in [0.4, 0.5) is 11.4 Å². The van der Waals surface area contributed by atoms with Crippen molar-refractivity contribution in [3.63, 3.8) is 0 Å². The minimum Gasteiger partial charge on any atom is -0.452 e. The lowest BCUT2D eigenvalue weighted by Crippen LogP contribution is -2.32. The molecule has 0 N–H and O–H groups in total. The van der Waals surface area contributed by atoms with E-state index in [0.717, 1.165) is 21.2 Å². The molecule has 0 spiro atoms. The second kappa shape index (κ2) is 7.58. The molecule has 0 radical (unpaired) electrons. The number of anilines is 2. The largest absolute Gasteiger partial charge is 0.452 e. The van der Waals surface area contributed by atoms with E-state index >= 15 is 0 Å². The molecule has 0 aliphatic carbocycles. The van der Waals surface area contributed by atoms with Crippen molar-refractivity contribution in [1.82, 2.24) is 0 Å². The number of nitrogens with zero attached hydrogens (tertiary/aromatic N) is 1. The van der Waals surface area contributed by atoms with Gasteiger partial charge in [-0.15, -0.1) is 0 Å². The summed E-state index contributed by atoms with van der Waals surface area (Å²) in [5.74, 6) is -0.834. The maximum absolute atomic E-state index is 13.0. The van der Waals surface area contributed by atoms with Gasteiger partial charge in [0.15, 0.2) is 6.61 Å². The molecule has 134 valence electrons. The van der Waals surface area contributed by atoms with Crippen molar-refractivity contribution in [2.45, 2.75) is 9.79 Å². The lowest BCUT2D eigenvalue weighted by atomic mass is 10.2. The zero-order valence-electron chi connectivity index (χ0n) is 14.1. The van der Waals surface area contributed by atoms with Crippen molar-refractivity contribution >= 4 is 50.9 Å². The van der Waals surface area contributed by atoms with Crippen LogP contribution >= 0.6 is 27.7 Å². The summed E-state index contributed by atoms with van der Waals surface area (Å²) < 4.78 is 5.92. The Bertz CT molecular complexity index is 992. The summed E-state index contributed by atoms with van der Waals surface area (Å²) in [5, 5.41) is 0. The third-order valence-corrected chi connectivity index (χ3v) is 5.92. The van der Waals surface area contributed by atoms with Gasteiger partial charge in [-0.1, -0.05) is 48.2 Å². The van der Waals surface area contributed by atoms with Gasteiger partial charge < -0.3 is 4.74 Å². The van der Waals surface area contributed by atoms with E-state index in [1.807, 2.05) is 54.6 Å². The highest BCUT2D eigenvalue weighted by Crippen LogP contribution is 2.47. The summed E-state index contributed by atoms with van der Waals surface area (Å²) >= 11 is 4.94. The van der Waals surface area contributed by atoms with Gasteiger partial charge >= 0.3 is 5.97 Å². The molecule has 6 heteroatoms. The van der Waals surface area contributed by atoms with Gasteiger partial charge in [0.25, 0.3) is 5.91 Å². The van der Waals surface area contributed by atoms with Crippen molar-refractivity contribution in [3.05, 3.63) is 82.8 Å². The fourth-order valence-corrected chi connectivity index (χ4v) is 4.37. The van der Waals surface area contributed by atoms with Gasteiger partial charge in [-0.3, -0.25) is 9.69 Å². The lowest BCUT2D eigenvalue weighted by molar-refractivity contribution is -0.121. The fourth-order valence-electron chi connectivity index (χ4n) is 2.87. The molecular formula is C21H14BrNO3S. The number of benzene rings is 3. The van der Waals surface area contributed by atoms with Gasteiger partial charge in [-0.2, -0.15) is 0 Å². The Morgan fingerprint density at radius 2 is 1.41 bits per heavy atom. The van der Waals surface area contributed by atoms with Crippen LogP contribution in [0.2, 0.25) is 0 Å². The molecule has 1 heterocycles. The highest BCUT2D eigenvalue weighted by atomic mass is 79.9. The van der Waals surface area contributed by atoms with E-state index < -0.39 is 5.97 Å². The van der Waals surface area contributed by atoms with E-state index in [-0.39, 0.29) is 12.5 Å². The first-order valence-corrected chi connectivity index (χ1v) is 9.86. The number of amides is 1. The van der Waals surface area contributed by atoms with Crippen molar-refractivity contribution in [1.29, 1.82) is 0 Å². The number of fused-ring (bicyclic) bond motifs is 2. The van der Waals surface area contributed by atoms with Crippen molar-refractivity contribution in [2.24, 2.45) is 0 Å². The number of ether oxygens (including phenoxy) is 1. The molecule has 0 aromatic heterocycles. The van der Waals surface area contributed by atoms with E-state index in [2.05, 4.69) is 15.9 Å². The first-order chi connectivity index (χ1) is 13.1. The molecule has 1 amide bonds. The number of halogens is 1. The van der Waals surface area contributed by atoms with Crippen LogP contribution in [0.1, 0.15) is 10.4 Å². The van der Waals surface area contributed by atoms with Crippen LogP contribution in [-0.4, -0.2) is 18.5 Å². The molecule has 3 aromatic carbocycles. The van der Waals surface area contributed by atoms with Crippen LogP contribution < -0.4 is 4.90 Å². The second-order valence-corrected chi connectivity index (χ2v) is 7.76. The number of hydrogen-bond donors (Lipinski definition) is 0. The fraction of sp³-hybridized carbons (Fsp3) is 0.0476. The van der Waals surface area contributed by atoms with E-state index in [9.17, 15) is 9.59 Å². The van der Waals surface area contributed by atoms with Gasteiger partial charge in [-0.05, 0) is 52.3 Å². The normalized spacial score (nSPS) is 12.1. The maximum Gasteiger partial charge on any atom is 0.339 e. The summed E-state index contributed by atoms with van der Waals surface area (Å²) in [5.41, 5.74) is 1.98. The number of carbonyl (C=O) groups is 2. The molecule has 0 fully saturated rings. The highest BCUT2D eigenvalue weighted by molar-refractivity contribution is 9.10. The first kappa shape index (κ1) is 17.8. The smallest absolute Gasteiger partial charge is 0.339 e. The quantitative estimate of drug-likeness (QED) is 0.510. The Kier molecular flexibility index (Phi) is 5.01. The van der Waals surface area contributed by atoms with Crippen molar-refractivity contribution in [2.75, 3.05) is 11.5 Å². The zero-order valence-corrected chi connectivity index (χ0v) is 16.5. The Morgan fingerprint density at radius 3 is 2.04 bits per heavy atom. The third kappa shape index (κ3) is 3.50. The summed E-state index contributed by atoms with van der Waals surface area (Å²) in [6, 6.07) is 22.4. The van der Waals surface area contributed by atoms with Gasteiger partial charge in [0, 0.05) is 14.3 Å². The lowest BCUT2D eigenvalue weighted by Gasteiger charge is -2.30. The number of esters is 1. The Morgan fingerprint density at radius 1 is 0.852 bits per heavy atom. The highest BCUT2D eigenvalue weighted by Gasteiger charge is 2.28. The van der Waals surface area contributed by atoms with Crippen LogP contribution in [0, 0.1) is 0 Å². The van der Waals surface area contributed by atoms with Crippen molar-refractivity contribution in [3.8, 4) is 0 Å². The molecule has 3 aromatic rings. The summed E-state index contributed by atoms with van der Waals surface area (Å²) in [6.45, 7) is -0.340. The molecule has 0 bridgehead atoms. The molecule has 4 nitrogen and oxygen atoms in total. The van der Waals surface area contributed by atoms with Crippen LogP contribution in [0.5, 0.6) is 0 Å². The Balaban J connectivity index is 1.59. The van der Waals surface area contributed by atoms with Gasteiger partial charge in [0.1, 0.15) is 0 Å².